The molecule has 1 aliphatic carbocycles. The molecule has 9 nitrogen and oxygen atoms in total. The predicted octanol–water partition coefficient (Wildman–Crippen LogP) is 1.82. The van der Waals surface area contributed by atoms with Crippen molar-refractivity contribution in [3.8, 4) is 11.5 Å². The first-order valence-corrected chi connectivity index (χ1v) is 10.0. The molecule has 0 aromatic heterocycles. The molecule has 1 fully saturated rings. The third-order valence-electron chi connectivity index (χ3n) is 5.21. The van der Waals surface area contributed by atoms with Gasteiger partial charge in [-0.1, -0.05) is 32.1 Å². The van der Waals surface area contributed by atoms with Crippen LogP contribution in [0.3, 0.4) is 0 Å². The van der Waals surface area contributed by atoms with E-state index in [2.05, 4.69) is 10.6 Å². The smallest absolute Gasteiger partial charge is 0.325 e. The lowest BCUT2D eigenvalue weighted by Gasteiger charge is -2.25. The summed E-state index contributed by atoms with van der Waals surface area (Å²) in [6.07, 6.45) is 7.05. The lowest BCUT2D eigenvalue weighted by molar-refractivity contribution is -0.123. The molecule has 0 saturated heterocycles. The molecule has 9 heteroatoms. The van der Waals surface area contributed by atoms with Crippen LogP contribution in [0.1, 0.15) is 38.5 Å². The fraction of sp³-hybridized carbons (Fsp3) is 0.550. The average Bonchev–Trinajstić information content (AvgIpc) is 3.14. The molecule has 1 saturated carbocycles. The maximum atomic E-state index is 12.3. The first kappa shape index (κ1) is 20.9. The van der Waals surface area contributed by atoms with Crippen LogP contribution in [0.5, 0.6) is 11.5 Å². The van der Waals surface area contributed by atoms with E-state index in [0.717, 1.165) is 6.42 Å². The summed E-state index contributed by atoms with van der Waals surface area (Å²) in [5.74, 6) is 0.771. The van der Waals surface area contributed by atoms with E-state index < -0.39 is 17.8 Å². The van der Waals surface area contributed by atoms with Crippen molar-refractivity contribution < 1.29 is 23.9 Å². The van der Waals surface area contributed by atoms with Gasteiger partial charge in [0.2, 0.25) is 18.6 Å². The highest BCUT2D eigenvalue weighted by Gasteiger charge is 2.19. The Balaban J connectivity index is 1.46. The minimum absolute atomic E-state index is 0.01000. The molecule has 0 spiro atoms. The third kappa shape index (κ3) is 6.63. The van der Waals surface area contributed by atoms with Crippen LogP contribution in [0, 0.1) is 5.92 Å². The van der Waals surface area contributed by atoms with E-state index in [9.17, 15) is 14.4 Å². The molecular formula is C20H28N4O5. The molecule has 0 atom stereocenters. The largest absolute Gasteiger partial charge is 0.454 e. The van der Waals surface area contributed by atoms with E-state index in [1.54, 1.807) is 23.1 Å². The van der Waals surface area contributed by atoms with Crippen LogP contribution in [0.4, 0.5) is 10.5 Å². The Hall–Kier alpha value is -2.81. The molecule has 29 heavy (non-hydrogen) atoms. The molecular weight excluding hydrogens is 376 g/mol. The molecule has 4 amide bonds. The lowest BCUT2D eigenvalue weighted by Crippen LogP contribution is -2.45. The van der Waals surface area contributed by atoms with Crippen molar-refractivity contribution in [2.45, 2.75) is 38.5 Å². The number of benzene rings is 1. The van der Waals surface area contributed by atoms with Gasteiger partial charge in [-0.25, -0.2) is 4.79 Å². The van der Waals surface area contributed by atoms with E-state index in [-0.39, 0.29) is 19.9 Å². The zero-order valence-electron chi connectivity index (χ0n) is 16.4. The highest BCUT2D eigenvalue weighted by Crippen LogP contribution is 2.34. The number of carbonyl (C=O) groups is 3. The Labute approximate surface area is 169 Å². The second-order valence-corrected chi connectivity index (χ2v) is 7.54. The number of urea groups is 1. The van der Waals surface area contributed by atoms with Gasteiger partial charge in [0.15, 0.2) is 11.5 Å². The number of ether oxygens (including phenoxy) is 2. The summed E-state index contributed by atoms with van der Waals surface area (Å²) in [6.45, 7) is 0.666. The third-order valence-corrected chi connectivity index (χ3v) is 5.21. The van der Waals surface area contributed by atoms with Crippen LogP contribution < -0.4 is 25.8 Å². The van der Waals surface area contributed by atoms with E-state index in [4.69, 9.17) is 15.2 Å². The molecule has 0 radical (unpaired) electrons. The normalized spacial score (nSPS) is 15.9. The van der Waals surface area contributed by atoms with E-state index >= 15 is 0 Å². The summed E-state index contributed by atoms with van der Waals surface area (Å²) in [5.41, 5.74) is 5.79. The quantitative estimate of drug-likeness (QED) is 0.607. The van der Waals surface area contributed by atoms with Crippen LogP contribution >= 0.6 is 0 Å². The number of nitrogens with zero attached hydrogens (tertiary/aromatic N) is 1. The van der Waals surface area contributed by atoms with Gasteiger partial charge in [-0.2, -0.15) is 0 Å². The fourth-order valence-corrected chi connectivity index (χ4v) is 3.78. The second-order valence-electron chi connectivity index (χ2n) is 7.54. The number of nitrogens with one attached hydrogen (secondary N) is 2. The molecule has 4 N–H and O–H groups in total. The molecule has 1 aromatic carbocycles. The van der Waals surface area contributed by atoms with Crippen LogP contribution in [-0.2, 0) is 9.59 Å². The lowest BCUT2D eigenvalue weighted by atomic mass is 9.87. The predicted molar refractivity (Wildman–Crippen MR) is 107 cm³/mol. The van der Waals surface area contributed by atoms with Gasteiger partial charge in [0, 0.05) is 11.8 Å². The van der Waals surface area contributed by atoms with Crippen LogP contribution in [0.15, 0.2) is 18.2 Å². The molecule has 0 unspecified atom stereocenters. The van der Waals surface area contributed by atoms with Crippen molar-refractivity contribution in [3.63, 3.8) is 0 Å². The molecule has 1 aliphatic heterocycles. The highest BCUT2D eigenvalue weighted by molar-refractivity contribution is 6.02. The van der Waals surface area contributed by atoms with Crippen molar-refractivity contribution in [1.29, 1.82) is 0 Å². The van der Waals surface area contributed by atoms with E-state index in [1.807, 2.05) is 0 Å². The first-order valence-electron chi connectivity index (χ1n) is 10.0. The number of primary amides is 1. The Morgan fingerprint density at radius 2 is 1.83 bits per heavy atom. The number of rotatable bonds is 8. The average molecular weight is 404 g/mol. The van der Waals surface area contributed by atoms with Crippen molar-refractivity contribution in [1.82, 2.24) is 10.2 Å². The number of amides is 4. The van der Waals surface area contributed by atoms with Crippen LogP contribution in [-0.4, -0.2) is 49.2 Å². The van der Waals surface area contributed by atoms with Gasteiger partial charge >= 0.3 is 6.03 Å². The number of anilines is 1. The summed E-state index contributed by atoms with van der Waals surface area (Å²) in [7, 11) is 0. The van der Waals surface area contributed by atoms with Gasteiger partial charge in [0.25, 0.3) is 0 Å². The SMILES string of the molecule is NC(=O)CN(CCC1CCCCC1)CC(=O)NC(=O)Nc1ccc2c(c1)OCO2. The van der Waals surface area contributed by atoms with Gasteiger partial charge in [-0.3, -0.25) is 19.8 Å². The minimum atomic E-state index is -0.653. The van der Waals surface area contributed by atoms with E-state index in [0.29, 0.717) is 29.6 Å². The summed E-state index contributed by atoms with van der Waals surface area (Å²) in [4.78, 5) is 37.4. The number of carbonyl (C=O) groups excluding carboxylic acids is 3. The van der Waals surface area contributed by atoms with Crippen molar-refractivity contribution in [2.24, 2.45) is 11.7 Å². The number of hydrogen-bond acceptors (Lipinski definition) is 6. The Kier molecular flexibility index (Phi) is 7.29. The maximum Gasteiger partial charge on any atom is 0.325 e. The summed E-state index contributed by atoms with van der Waals surface area (Å²) in [5, 5.41) is 4.87. The first-order chi connectivity index (χ1) is 14.0. The molecule has 158 valence electrons. The van der Waals surface area contributed by atoms with Crippen molar-refractivity contribution >= 4 is 23.5 Å². The monoisotopic (exact) mass is 404 g/mol. The topological polar surface area (TPSA) is 123 Å². The van der Waals surface area contributed by atoms with Crippen LogP contribution in [0.2, 0.25) is 0 Å². The maximum absolute atomic E-state index is 12.3. The van der Waals surface area contributed by atoms with E-state index in [1.165, 1.54) is 32.1 Å². The Morgan fingerprint density at radius 1 is 1.07 bits per heavy atom. The minimum Gasteiger partial charge on any atom is -0.454 e. The molecule has 3 rings (SSSR count). The Bertz CT molecular complexity index is 748. The number of hydrogen-bond donors (Lipinski definition) is 3. The van der Waals surface area contributed by atoms with Crippen molar-refractivity contribution in [2.75, 3.05) is 31.7 Å². The second kappa shape index (κ2) is 10.1. The van der Waals surface area contributed by atoms with Crippen LogP contribution in [0.25, 0.3) is 0 Å². The van der Waals surface area contributed by atoms with Gasteiger partial charge in [0.05, 0.1) is 13.1 Å². The number of fused-ring (bicyclic) bond motifs is 1. The molecule has 2 aliphatic rings. The summed E-state index contributed by atoms with van der Waals surface area (Å²) >= 11 is 0. The summed E-state index contributed by atoms with van der Waals surface area (Å²) < 4.78 is 10.5. The fourth-order valence-electron chi connectivity index (χ4n) is 3.78. The number of imide groups is 1. The van der Waals surface area contributed by atoms with Gasteiger partial charge in [-0.05, 0) is 31.0 Å². The number of nitrogens with two attached hydrogens (primary N) is 1. The summed E-state index contributed by atoms with van der Waals surface area (Å²) in [6, 6.07) is 4.30. The van der Waals surface area contributed by atoms with Gasteiger partial charge < -0.3 is 20.5 Å². The molecule has 1 aromatic rings. The zero-order valence-corrected chi connectivity index (χ0v) is 16.4. The van der Waals surface area contributed by atoms with Crippen molar-refractivity contribution in [3.05, 3.63) is 18.2 Å². The van der Waals surface area contributed by atoms with Gasteiger partial charge in [0.1, 0.15) is 0 Å². The zero-order chi connectivity index (χ0) is 20.6. The molecule has 0 bridgehead atoms. The standard InChI is InChI=1S/C20H28N4O5/c21-18(25)11-24(9-8-14-4-2-1-3-5-14)12-19(26)23-20(27)22-15-6-7-16-17(10-15)29-13-28-16/h6-7,10,14H,1-5,8-9,11-13H2,(H2,21,25)(H2,22,23,26,27). The Morgan fingerprint density at radius 3 is 2.59 bits per heavy atom. The molecule has 1 heterocycles. The highest BCUT2D eigenvalue weighted by atomic mass is 16.7. The van der Waals surface area contributed by atoms with Gasteiger partial charge in [-0.15, -0.1) is 0 Å².